The predicted octanol–water partition coefficient (Wildman–Crippen LogP) is 3.05. The number of fused-ring (bicyclic) bond motifs is 2. The Hall–Kier alpha value is -0.650. The number of carbonyl (C=O) groups is 1. The molecule has 20 heavy (non-hydrogen) atoms. The summed E-state index contributed by atoms with van der Waals surface area (Å²) in [6.07, 6.45) is 0.990. The Morgan fingerprint density at radius 1 is 1.40 bits per heavy atom. The monoisotopic (exact) mass is 302 g/mol. The SMILES string of the molecule is CC(C)[C@@]1(C)SC(=NC2CC3CC2CC3(F)F)NC1=O. The molecule has 6 heteroatoms. The lowest BCUT2D eigenvalue weighted by Crippen LogP contribution is -2.38. The standard InChI is InChI=1S/C14H20F2N2OS/c1-7(2)13(3)11(19)18-12(20-13)17-10-5-9-4-8(10)6-14(9,15)16/h7-10H,4-6H2,1-3H3,(H,17,18,19)/t8?,9?,10?,13-/m1/s1. The van der Waals surface area contributed by atoms with E-state index in [0.29, 0.717) is 18.0 Å². The summed E-state index contributed by atoms with van der Waals surface area (Å²) in [7, 11) is 0. The molecule has 112 valence electrons. The minimum Gasteiger partial charge on any atom is -0.304 e. The predicted molar refractivity (Wildman–Crippen MR) is 76.0 cm³/mol. The summed E-state index contributed by atoms with van der Waals surface area (Å²) in [4.78, 5) is 16.6. The van der Waals surface area contributed by atoms with Gasteiger partial charge in [-0.05, 0) is 31.6 Å². The zero-order valence-electron chi connectivity index (χ0n) is 12.0. The Labute approximate surface area is 122 Å². The van der Waals surface area contributed by atoms with Gasteiger partial charge >= 0.3 is 0 Å². The third-order valence-corrected chi connectivity index (χ3v) is 6.64. The first-order valence-electron chi connectivity index (χ1n) is 7.18. The quantitative estimate of drug-likeness (QED) is 0.852. The molecule has 3 unspecified atom stereocenters. The van der Waals surface area contributed by atoms with E-state index < -0.39 is 16.6 Å². The van der Waals surface area contributed by atoms with Gasteiger partial charge in [-0.1, -0.05) is 25.6 Å². The van der Waals surface area contributed by atoms with E-state index in [-0.39, 0.29) is 30.2 Å². The Bertz CT molecular complexity index is 480. The van der Waals surface area contributed by atoms with E-state index in [9.17, 15) is 13.6 Å². The molecule has 0 aromatic carbocycles. The molecule has 2 aliphatic carbocycles. The number of nitrogens with zero attached hydrogens (tertiary/aromatic N) is 1. The highest BCUT2D eigenvalue weighted by molar-refractivity contribution is 8.16. The van der Waals surface area contributed by atoms with Crippen molar-refractivity contribution in [1.29, 1.82) is 0 Å². The number of rotatable bonds is 2. The maximum atomic E-state index is 13.5. The fourth-order valence-electron chi connectivity index (χ4n) is 3.42. The largest absolute Gasteiger partial charge is 0.304 e. The van der Waals surface area contributed by atoms with Crippen molar-refractivity contribution < 1.29 is 13.6 Å². The van der Waals surface area contributed by atoms with Crippen molar-refractivity contribution in [3.05, 3.63) is 0 Å². The molecular weight excluding hydrogens is 282 g/mol. The molecule has 2 saturated carbocycles. The summed E-state index contributed by atoms with van der Waals surface area (Å²) in [6.45, 7) is 5.93. The molecule has 1 heterocycles. The third kappa shape index (κ3) is 2.07. The Balaban J connectivity index is 1.72. The topological polar surface area (TPSA) is 41.5 Å². The summed E-state index contributed by atoms with van der Waals surface area (Å²) in [6, 6.07) is -0.0445. The van der Waals surface area contributed by atoms with E-state index in [1.54, 1.807) is 0 Å². The zero-order chi connectivity index (χ0) is 14.7. The minimum atomic E-state index is -2.50. The molecule has 1 N–H and O–H groups in total. The highest BCUT2D eigenvalue weighted by atomic mass is 32.2. The lowest BCUT2D eigenvalue weighted by molar-refractivity contribution is -0.122. The van der Waals surface area contributed by atoms with Crippen molar-refractivity contribution >= 4 is 22.8 Å². The van der Waals surface area contributed by atoms with Crippen molar-refractivity contribution in [2.45, 2.75) is 56.7 Å². The Morgan fingerprint density at radius 2 is 2.10 bits per heavy atom. The van der Waals surface area contributed by atoms with Crippen LogP contribution in [0.15, 0.2) is 4.99 Å². The third-order valence-electron chi connectivity index (χ3n) is 5.15. The van der Waals surface area contributed by atoms with E-state index in [0.717, 1.165) is 0 Å². The van der Waals surface area contributed by atoms with Crippen LogP contribution in [0.25, 0.3) is 0 Å². The Kier molecular flexibility index (Phi) is 3.16. The van der Waals surface area contributed by atoms with E-state index in [1.165, 1.54) is 11.8 Å². The van der Waals surface area contributed by atoms with E-state index in [2.05, 4.69) is 10.3 Å². The highest BCUT2D eigenvalue weighted by Crippen LogP contribution is 2.55. The van der Waals surface area contributed by atoms with Crippen molar-refractivity contribution in [3.63, 3.8) is 0 Å². The zero-order valence-corrected chi connectivity index (χ0v) is 12.8. The fraction of sp³-hybridized carbons (Fsp3) is 0.857. The molecule has 3 rings (SSSR count). The van der Waals surface area contributed by atoms with Gasteiger partial charge in [0.25, 0.3) is 5.92 Å². The second-order valence-electron chi connectivity index (χ2n) is 6.71. The smallest absolute Gasteiger partial charge is 0.251 e. The summed E-state index contributed by atoms with van der Waals surface area (Å²) < 4.78 is 26.5. The molecule has 3 fully saturated rings. The van der Waals surface area contributed by atoms with Gasteiger partial charge in [0.2, 0.25) is 5.91 Å². The van der Waals surface area contributed by atoms with Crippen LogP contribution >= 0.6 is 11.8 Å². The normalized spacial score (nSPS) is 44.6. The molecule has 2 bridgehead atoms. The van der Waals surface area contributed by atoms with Crippen molar-refractivity contribution in [2.75, 3.05) is 0 Å². The van der Waals surface area contributed by atoms with Gasteiger partial charge in [0.05, 0.1) is 6.04 Å². The van der Waals surface area contributed by atoms with Gasteiger partial charge in [0, 0.05) is 12.3 Å². The summed E-state index contributed by atoms with van der Waals surface area (Å²) in [5.41, 5.74) is 0. The second-order valence-corrected chi connectivity index (χ2v) is 8.15. The van der Waals surface area contributed by atoms with Crippen LogP contribution < -0.4 is 5.32 Å². The van der Waals surface area contributed by atoms with E-state index in [1.807, 2.05) is 20.8 Å². The number of alkyl halides is 2. The van der Waals surface area contributed by atoms with Crippen LogP contribution in [0.1, 0.15) is 40.0 Å². The van der Waals surface area contributed by atoms with Crippen LogP contribution in [0.4, 0.5) is 8.78 Å². The van der Waals surface area contributed by atoms with Crippen molar-refractivity contribution in [2.24, 2.45) is 22.7 Å². The number of hydrogen-bond acceptors (Lipinski definition) is 3. The van der Waals surface area contributed by atoms with Crippen LogP contribution in [-0.2, 0) is 4.79 Å². The van der Waals surface area contributed by atoms with Crippen molar-refractivity contribution in [1.82, 2.24) is 5.32 Å². The fourth-order valence-corrected chi connectivity index (χ4v) is 4.54. The number of amides is 1. The molecule has 3 nitrogen and oxygen atoms in total. The first kappa shape index (κ1) is 14.3. The van der Waals surface area contributed by atoms with Gasteiger partial charge in [0.1, 0.15) is 4.75 Å². The average molecular weight is 302 g/mol. The summed E-state index contributed by atoms with van der Waals surface area (Å²) in [5, 5.41) is 3.44. The van der Waals surface area contributed by atoms with Crippen LogP contribution in [-0.4, -0.2) is 27.8 Å². The van der Waals surface area contributed by atoms with Crippen LogP contribution in [0.3, 0.4) is 0 Å². The molecule has 0 aromatic heterocycles. The molecule has 0 aromatic rings. The highest BCUT2D eigenvalue weighted by Gasteiger charge is 2.57. The van der Waals surface area contributed by atoms with Crippen molar-refractivity contribution in [3.8, 4) is 0 Å². The number of carbonyl (C=O) groups excluding carboxylic acids is 1. The lowest BCUT2D eigenvalue weighted by atomic mass is 9.93. The number of hydrogen-bond donors (Lipinski definition) is 1. The van der Waals surface area contributed by atoms with E-state index in [4.69, 9.17) is 0 Å². The van der Waals surface area contributed by atoms with Gasteiger partial charge in [-0.2, -0.15) is 0 Å². The summed E-state index contributed by atoms with van der Waals surface area (Å²) in [5.74, 6) is -2.86. The molecule has 4 atom stereocenters. The Morgan fingerprint density at radius 3 is 2.55 bits per heavy atom. The number of halogens is 2. The lowest BCUT2D eigenvalue weighted by Gasteiger charge is -2.25. The maximum absolute atomic E-state index is 13.5. The number of thioether (sulfide) groups is 1. The number of nitrogens with one attached hydrogen (secondary N) is 1. The van der Waals surface area contributed by atoms with Gasteiger partial charge in [-0.15, -0.1) is 0 Å². The van der Waals surface area contributed by atoms with Gasteiger partial charge < -0.3 is 5.32 Å². The summed E-state index contributed by atoms with van der Waals surface area (Å²) >= 11 is 1.45. The molecule has 0 spiro atoms. The van der Waals surface area contributed by atoms with Gasteiger partial charge in [-0.3, -0.25) is 9.79 Å². The minimum absolute atomic E-state index is 0.0223. The molecular formula is C14H20F2N2OS. The number of amidine groups is 1. The van der Waals surface area contributed by atoms with Gasteiger partial charge in [0.15, 0.2) is 5.17 Å². The molecule has 3 aliphatic rings. The first-order valence-corrected chi connectivity index (χ1v) is 8.00. The first-order chi connectivity index (χ1) is 9.22. The maximum Gasteiger partial charge on any atom is 0.251 e. The second kappa shape index (κ2) is 4.42. The molecule has 1 saturated heterocycles. The average Bonchev–Trinajstić information content (AvgIpc) is 2.91. The molecule has 0 radical (unpaired) electrons. The molecule has 1 aliphatic heterocycles. The molecule has 1 amide bonds. The van der Waals surface area contributed by atoms with Gasteiger partial charge in [-0.25, -0.2) is 8.78 Å². The van der Waals surface area contributed by atoms with Crippen LogP contribution in [0.2, 0.25) is 0 Å². The van der Waals surface area contributed by atoms with Crippen LogP contribution in [0.5, 0.6) is 0 Å². The van der Waals surface area contributed by atoms with Crippen LogP contribution in [0, 0.1) is 17.8 Å². The number of aliphatic imine (C=N–C) groups is 1. The van der Waals surface area contributed by atoms with E-state index >= 15 is 0 Å².